The molecule has 122 valence electrons. The molecule has 7 nitrogen and oxygen atoms in total. The fraction of sp³-hybridized carbons (Fsp3) is 0.286. The number of ether oxygens (including phenoxy) is 1. The Labute approximate surface area is 147 Å². The molecule has 0 aromatic carbocycles. The van der Waals surface area contributed by atoms with Gasteiger partial charge in [0.25, 0.3) is 0 Å². The molecule has 2 aromatic heterocycles. The maximum Gasteiger partial charge on any atom is 0.223 e. The van der Waals surface area contributed by atoms with E-state index in [1.54, 1.807) is 7.11 Å². The number of aliphatic imine (C=N–C) groups is 1. The van der Waals surface area contributed by atoms with Gasteiger partial charge in [0.2, 0.25) is 5.95 Å². The van der Waals surface area contributed by atoms with Crippen LogP contribution in [0.4, 0.5) is 17.5 Å². The molecule has 3 N–H and O–H groups in total. The summed E-state index contributed by atoms with van der Waals surface area (Å²) < 4.78 is 5.86. The Kier molecular flexibility index (Phi) is 5.38. The molecule has 2 rings (SSSR count). The summed E-state index contributed by atoms with van der Waals surface area (Å²) in [7, 11) is 1.60. The van der Waals surface area contributed by atoms with Gasteiger partial charge >= 0.3 is 0 Å². The number of hydrogen-bond donors (Lipinski definition) is 2. The largest absolute Gasteiger partial charge is 0.496 e. The van der Waals surface area contributed by atoms with Crippen molar-refractivity contribution < 1.29 is 4.74 Å². The van der Waals surface area contributed by atoms with Crippen molar-refractivity contribution in [2.45, 2.75) is 20.4 Å². The first-order valence-corrected chi connectivity index (χ1v) is 7.79. The van der Waals surface area contributed by atoms with E-state index in [0.717, 1.165) is 16.8 Å². The Morgan fingerprint density at radius 2 is 2.00 bits per heavy atom. The molecule has 0 radical (unpaired) electrons. The van der Waals surface area contributed by atoms with Crippen LogP contribution in [0.15, 0.2) is 9.60 Å². The molecule has 23 heavy (non-hydrogen) atoms. The molecule has 9 heteroatoms. The van der Waals surface area contributed by atoms with E-state index in [1.807, 2.05) is 13.8 Å². The second-order valence-corrected chi connectivity index (χ2v) is 5.82. The number of nitrogens with two attached hydrogens (primary N) is 1. The van der Waals surface area contributed by atoms with Gasteiger partial charge in [0.15, 0.2) is 5.82 Å². The highest BCUT2D eigenvalue weighted by Gasteiger charge is 2.15. The van der Waals surface area contributed by atoms with Crippen molar-refractivity contribution in [1.82, 2.24) is 15.0 Å². The van der Waals surface area contributed by atoms with E-state index in [0.29, 0.717) is 33.6 Å². The van der Waals surface area contributed by atoms with Crippen LogP contribution in [0.25, 0.3) is 0 Å². The van der Waals surface area contributed by atoms with E-state index >= 15 is 0 Å². The van der Waals surface area contributed by atoms with Crippen LogP contribution in [0, 0.1) is 13.8 Å². The second-order valence-electron chi connectivity index (χ2n) is 4.71. The molecule has 0 aliphatic carbocycles. The summed E-state index contributed by atoms with van der Waals surface area (Å²) in [6, 6.07) is 0. The number of nitrogen functional groups attached to an aromatic ring is 1. The molecule has 0 bridgehead atoms. The first kappa shape index (κ1) is 17.4. The molecule has 0 saturated heterocycles. The standard InChI is InChI=1S/C14H16BrClN6O/c1-6-8(20-12(16)7(2)10(6)23-4)5-19-13-9(18-3)11(15)21-14(17)22-13/h3,5H2,1-2,4H3,(H3,17,19,21,22). The van der Waals surface area contributed by atoms with Crippen LogP contribution in [-0.4, -0.2) is 28.8 Å². The second kappa shape index (κ2) is 7.10. The van der Waals surface area contributed by atoms with Crippen LogP contribution < -0.4 is 15.8 Å². The summed E-state index contributed by atoms with van der Waals surface area (Å²) in [5, 5.41) is 3.53. The van der Waals surface area contributed by atoms with Gasteiger partial charge in [-0.1, -0.05) is 11.6 Å². The van der Waals surface area contributed by atoms with Gasteiger partial charge in [-0.05, 0) is 36.5 Å². The summed E-state index contributed by atoms with van der Waals surface area (Å²) in [5.74, 6) is 1.29. The number of halogens is 2. The summed E-state index contributed by atoms with van der Waals surface area (Å²) >= 11 is 9.44. The minimum absolute atomic E-state index is 0.121. The van der Waals surface area contributed by atoms with Crippen molar-refractivity contribution in [1.29, 1.82) is 0 Å². The molecule has 0 fully saturated rings. The Morgan fingerprint density at radius 1 is 1.30 bits per heavy atom. The van der Waals surface area contributed by atoms with Gasteiger partial charge in [0.05, 0.1) is 19.3 Å². The third-order valence-electron chi connectivity index (χ3n) is 3.30. The van der Waals surface area contributed by atoms with Gasteiger partial charge < -0.3 is 15.8 Å². The van der Waals surface area contributed by atoms with E-state index < -0.39 is 0 Å². The van der Waals surface area contributed by atoms with E-state index in [-0.39, 0.29) is 5.95 Å². The molecule has 0 unspecified atom stereocenters. The quantitative estimate of drug-likeness (QED) is 0.454. The van der Waals surface area contributed by atoms with Gasteiger partial charge in [-0.15, -0.1) is 0 Å². The molecule has 0 aliphatic heterocycles. The Balaban J connectivity index is 2.36. The van der Waals surface area contributed by atoms with Crippen molar-refractivity contribution in [2.75, 3.05) is 18.2 Å². The Morgan fingerprint density at radius 3 is 2.61 bits per heavy atom. The maximum absolute atomic E-state index is 6.16. The van der Waals surface area contributed by atoms with E-state index in [2.05, 4.69) is 47.9 Å². The van der Waals surface area contributed by atoms with E-state index in [1.165, 1.54) is 0 Å². The van der Waals surface area contributed by atoms with Crippen molar-refractivity contribution >= 4 is 51.7 Å². The van der Waals surface area contributed by atoms with Crippen LogP contribution in [0.1, 0.15) is 16.8 Å². The van der Waals surface area contributed by atoms with E-state index in [4.69, 9.17) is 22.1 Å². The highest BCUT2D eigenvalue weighted by molar-refractivity contribution is 9.10. The molecule has 0 atom stereocenters. The summed E-state index contributed by atoms with van der Waals surface area (Å²) in [5.41, 5.74) is 8.57. The lowest BCUT2D eigenvalue weighted by atomic mass is 10.1. The van der Waals surface area contributed by atoms with Crippen LogP contribution in [0.3, 0.4) is 0 Å². The lowest BCUT2D eigenvalue weighted by molar-refractivity contribution is 0.407. The van der Waals surface area contributed by atoms with Crippen LogP contribution >= 0.6 is 27.5 Å². The number of hydrogen-bond acceptors (Lipinski definition) is 7. The normalized spacial score (nSPS) is 10.5. The lowest BCUT2D eigenvalue weighted by Gasteiger charge is -2.15. The van der Waals surface area contributed by atoms with Gasteiger partial charge in [-0.2, -0.15) is 4.98 Å². The molecule has 2 heterocycles. The third kappa shape index (κ3) is 3.53. The topological polar surface area (TPSA) is 98.3 Å². The van der Waals surface area contributed by atoms with Crippen molar-refractivity contribution in [2.24, 2.45) is 4.99 Å². The smallest absolute Gasteiger partial charge is 0.223 e. The maximum atomic E-state index is 6.16. The lowest BCUT2D eigenvalue weighted by Crippen LogP contribution is -2.09. The first-order valence-electron chi connectivity index (χ1n) is 6.62. The van der Waals surface area contributed by atoms with Crippen molar-refractivity contribution in [3.63, 3.8) is 0 Å². The van der Waals surface area contributed by atoms with Crippen LogP contribution in [0.2, 0.25) is 5.15 Å². The summed E-state index contributed by atoms with van der Waals surface area (Å²) in [6.07, 6.45) is 0. The zero-order chi connectivity index (χ0) is 17.1. The van der Waals surface area contributed by atoms with Gasteiger partial charge in [-0.25, -0.2) is 9.97 Å². The van der Waals surface area contributed by atoms with Crippen LogP contribution in [-0.2, 0) is 6.54 Å². The fourth-order valence-electron chi connectivity index (χ4n) is 2.15. The predicted molar refractivity (Wildman–Crippen MR) is 96.0 cm³/mol. The third-order valence-corrected chi connectivity index (χ3v) is 4.22. The first-order chi connectivity index (χ1) is 10.9. The number of anilines is 2. The average Bonchev–Trinajstić information content (AvgIpc) is 2.49. The SMILES string of the molecule is C=Nc1c(Br)nc(N)nc1NCc1nc(Cl)c(C)c(OC)c1C. The fourth-order valence-corrected chi connectivity index (χ4v) is 2.83. The zero-order valence-electron chi connectivity index (χ0n) is 12.9. The highest BCUT2D eigenvalue weighted by Crippen LogP contribution is 2.33. The molecule has 0 aliphatic rings. The van der Waals surface area contributed by atoms with Gasteiger partial charge in [0, 0.05) is 11.1 Å². The number of methoxy groups -OCH3 is 1. The summed E-state index contributed by atoms with van der Waals surface area (Å²) in [4.78, 5) is 16.4. The molecule has 2 aromatic rings. The number of nitrogens with zero attached hydrogens (tertiary/aromatic N) is 4. The molecular weight excluding hydrogens is 384 g/mol. The highest BCUT2D eigenvalue weighted by atomic mass is 79.9. The minimum atomic E-state index is 0.121. The zero-order valence-corrected chi connectivity index (χ0v) is 15.3. The number of rotatable bonds is 5. The van der Waals surface area contributed by atoms with Gasteiger partial charge in [-0.3, -0.25) is 4.99 Å². The summed E-state index contributed by atoms with van der Waals surface area (Å²) in [6.45, 7) is 7.66. The van der Waals surface area contributed by atoms with E-state index in [9.17, 15) is 0 Å². The average molecular weight is 400 g/mol. The Hall–Kier alpha value is -1.93. The van der Waals surface area contributed by atoms with Crippen molar-refractivity contribution in [3.8, 4) is 5.75 Å². The Bertz CT molecular complexity index is 768. The van der Waals surface area contributed by atoms with Crippen molar-refractivity contribution in [3.05, 3.63) is 26.6 Å². The number of nitrogens with one attached hydrogen (secondary N) is 1. The molecule has 0 amide bonds. The number of aromatic nitrogens is 3. The monoisotopic (exact) mass is 398 g/mol. The van der Waals surface area contributed by atoms with Crippen LogP contribution in [0.5, 0.6) is 5.75 Å². The van der Waals surface area contributed by atoms with Gasteiger partial charge in [0.1, 0.15) is 21.2 Å². The molecule has 0 spiro atoms. The number of pyridine rings is 1. The molecule has 0 saturated carbocycles. The predicted octanol–water partition coefficient (Wildman–Crippen LogP) is 3.44. The minimum Gasteiger partial charge on any atom is -0.496 e. The molecular formula is C14H16BrClN6O.